The predicted molar refractivity (Wildman–Crippen MR) is 120 cm³/mol. The molecule has 1 amide bonds. The minimum Gasteiger partial charge on any atom is -0.289 e. The molecule has 4 rings (SSSR count). The van der Waals surface area contributed by atoms with Crippen LogP contribution in [0.15, 0.2) is 58.3 Å². The molecule has 0 spiro atoms. The van der Waals surface area contributed by atoms with Crippen LogP contribution in [0.2, 0.25) is 0 Å². The van der Waals surface area contributed by atoms with Crippen molar-refractivity contribution in [2.75, 3.05) is 10.7 Å². The summed E-state index contributed by atoms with van der Waals surface area (Å²) in [6.07, 6.45) is 1.84. The Morgan fingerprint density at radius 2 is 1.93 bits per heavy atom. The second-order valence-electron chi connectivity index (χ2n) is 6.91. The van der Waals surface area contributed by atoms with Crippen molar-refractivity contribution in [2.24, 2.45) is 0 Å². The van der Waals surface area contributed by atoms with Crippen molar-refractivity contribution in [3.63, 3.8) is 0 Å². The lowest BCUT2D eigenvalue weighted by atomic mass is 10.0. The fourth-order valence-corrected chi connectivity index (χ4v) is 5.14. The molecule has 0 saturated heterocycles. The summed E-state index contributed by atoms with van der Waals surface area (Å²) in [6.45, 7) is 5.57. The van der Waals surface area contributed by atoms with E-state index in [1.165, 1.54) is 11.3 Å². The van der Waals surface area contributed by atoms with Gasteiger partial charge < -0.3 is 0 Å². The van der Waals surface area contributed by atoms with Gasteiger partial charge in [0, 0.05) is 34.1 Å². The number of aryl methyl sites for hydroxylation is 1. The Hall–Kier alpha value is -2.70. The van der Waals surface area contributed by atoms with Crippen LogP contribution in [0.25, 0.3) is 6.08 Å². The van der Waals surface area contributed by atoms with E-state index in [-0.39, 0.29) is 11.7 Å². The van der Waals surface area contributed by atoms with Gasteiger partial charge in [-0.3, -0.25) is 14.5 Å². The molecule has 0 aliphatic carbocycles. The van der Waals surface area contributed by atoms with E-state index < -0.39 is 0 Å². The molecule has 0 atom stereocenters. The van der Waals surface area contributed by atoms with Crippen LogP contribution in [-0.2, 0) is 4.79 Å². The number of thioether (sulfide) groups is 1. The summed E-state index contributed by atoms with van der Waals surface area (Å²) in [5.74, 6) is 0.577. The Balaban J connectivity index is 1.67. The lowest BCUT2D eigenvalue weighted by Gasteiger charge is -2.21. The summed E-state index contributed by atoms with van der Waals surface area (Å²) in [7, 11) is 0. The first-order valence-corrected chi connectivity index (χ1v) is 11.1. The van der Waals surface area contributed by atoms with Crippen LogP contribution in [0.5, 0.6) is 0 Å². The van der Waals surface area contributed by atoms with Gasteiger partial charge in [0.25, 0.3) is 0 Å². The summed E-state index contributed by atoms with van der Waals surface area (Å²) >= 11 is 3.06. The van der Waals surface area contributed by atoms with E-state index in [1.54, 1.807) is 23.6 Å². The number of amides is 1. The monoisotopic (exact) mass is 420 g/mol. The van der Waals surface area contributed by atoms with Crippen molar-refractivity contribution in [1.82, 2.24) is 4.98 Å². The minimum absolute atomic E-state index is 0.0480. The van der Waals surface area contributed by atoms with E-state index in [0.29, 0.717) is 16.6 Å². The predicted octanol–water partition coefficient (Wildman–Crippen LogP) is 5.82. The number of hydrogen-bond acceptors (Lipinski definition) is 5. The Morgan fingerprint density at radius 3 is 2.72 bits per heavy atom. The van der Waals surface area contributed by atoms with Crippen LogP contribution in [-0.4, -0.2) is 22.4 Å². The number of nitrogens with zero attached hydrogens (tertiary/aromatic N) is 2. The smallest absolute Gasteiger partial charge is 0.230 e. The van der Waals surface area contributed by atoms with E-state index in [1.807, 2.05) is 67.8 Å². The normalized spacial score (nSPS) is 14.7. The van der Waals surface area contributed by atoms with E-state index >= 15 is 0 Å². The zero-order valence-corrected chi connectivity index (χ0v) is 18.1. The molecule has 0 fully saturated rings. The molecule has 146 valence electrons. The summed E-state index contributed by atoms with van der Waals surface area (Å²) < 4.78 is 0. The molecule has 1 aromatic heterocycles. The largest absolute Gasteiger partial charge is 0.289 e. The van der Waals surface area contributed by atoms with Gasteiger partial charge in [0.2, 0.25) is 5.91 Å². The van der Waals surface area contributed by atoms with Gasteiger partial charge >= 0.3 is 0 Å². The zero-order chi connectivity index (χ0) is 20.5. The van der Waals surface area contributed by atoms with Gasteiger partial charge in [-0.05, 0) is 49.2 Å². The second kappa shape index (κ2) is 7.97. The quantitative estimate of drug-likeness (QED) is 0.501. The van der Waals surface area contributed by atoms with Gasteiger partial charge in [0.1, 0.15) is 0 Å². The highest BCUT2D eigenvalue weighted by Crippen LogP contribution is 2.35. The highest BCUT2D eigenvalue weighted by Gasteiger charge is 2.23. The molecule has 3 aromatic rings. The van der Waals surface area contributed by atoms with Gasteiger partial charge in [-0.25, -0.2) is 4.98 Å². The number of rotatable bonds is 3. The molecule has 0 N–H and O–H groups in total. The molecule has 0 saturated carbocycles. The third-order valence-corrected chi connectivity index (χ3v) is 6.93. The van der Waals surface area contributed by atoms with Gasteiger partial charge in [-0.1, -0.05) is 24.3 Å². The number of carbonyl (C=O) groups excluding carboxylic acids is 2. The van der Waals surface area contributed by atoms with Crippen molar-refractivity contribution in [3.05, 3.63) is 75.8 Å². The van der Waals surface area contributed by atoms with Crippen LogP contribution < -0.4 is 4.90 Å². The Bertz CT molecular complexity index is 1150. The van der Waals surface area contributed by atoms with Crippen LogP contribution >= 0.6 is 23.1 Å². The standard InChI is InChI=1S/C23H20N2O2S2/c1-14-7-6-9-20(15(14)2)25(16(3)26)23-24-18(13-29-23)11-17-12-28-21-10-5-4-8-19(21)22(17)27/h4-11,13H,12H2,1-3H3/b17-11+. The first-order valence-electron chi connectivity index (χ1n) is 9.25. The van der Waals surface area contributed by atoms with E-state index in [4.69, 9.17) is 0 Å². The number of anilines is 2. The summed E-state index contributed by atoms with van der Waals surface area (Å²) in [6, 6.07) is 13.6. The zero-order valence-electron chi connectivity index (χ0n) is 16.4. The molecule has 1 aliphatic rings. The molecule has 2 aromatic carbocycles. The molecule has 4 nitrogen and oxygen atoms in total. The lowest BCUT2D eigenvalue weighted by molar-refractivity contribution is -0.115. The maximum absolute atomic E-state index is 12.8. The fourth-order valence-electron chi connectivity index (χ4n) is 3.29. The maximum Gasteiger partial charge on any atom is 0.230 e. The molecular weight excluding hydrogens is 400 g/mol. The Kier molecular flexibility index (Phi) is 5.39. The highest BCUT2D eigenvalue weighted by atomic mass is 32.2. The van der Waals surface area contributed by atoms with E-state index in [0.717, 1.165) is 32.8 Å². The van der Waals surface area contributed by atoms with Crippen LogP contribution in [0.3, 0.4) is 0 Å². The first kappa shape index (κ1) is 19.6. The molecule has 0 bridgehead atoms. The van der Waals surface area contributed by atoms with Crippen LogP contribution in [0, 0.1) is 13.8 Å². The number of ketones is 1. The maximum atomic E-state index is 12.8. The van der Waals surface area contributed by atoms with Gasteiger partial charge in [0.15, 0.2) is 10.9 Å². The van der Waals surface area contributed by atoms with Gasteiger partial charge in [-0.2, -0.15) is 0 Å². The number of thiazole rings is 1. The summed E-state index contributed by atoms with van der Waals surface area (Å²) in [4.78, 5) is 32.5. The third kappa shape index (κ3) is 3.78. The molecule has 6 heteroatoms. The average Bonchev–Trinajstić information content (AvgIpc) is 3.15. The van der Waals surface area contributed by atoms with Crippen molar-refractivity contribution in [1.29, 1.82) is 0 Å². The van der Waals surface area contributed by atoms with Crippen LogP contribution in [0.1, 0.15) is 34.1 Å². The SMILES string of the molecule is CC(=O)N(c1nc(/C=C2\CSc3ccccc3C2=O)cs1)c1cccc(C)c1C. The van der Waals surface area contributed by atoms with E-state index in [9.17, 15) is 9.59 Å². The molecule has 2 heterocycles. The van der Waals surface area contributed by atoms with Gasteiger partial charge in [-0.15, -0.1) is 23.1 Å². The second-order valence-corrected chi connectivity index (χ2v) is 8.77. The number of Topliss-reactive ketones (excluding diaryl/α,β-unsaturated/α-hetero) is 1. The minimum atomic E-state index is -0.0921. The topological polar surface area (TPSA) is 50.3 Å². The average molecular weight is 421 g/mol. The number of carbonyl (C=O) groups is 2. The lowest BCUT2D eigenvalue weighted by Crippen LogP contribution is -2.23. The number of hydrogen-bond donors (Lipinski definition) is 0. The molecule has 1 aliphatic heterocycles. The van der Waals surface area contributed by atoms with Crippen molar-refractivity contribution in [3.8, 4) is 0 Å². The number of fused-ring (bicyclic) bond motifs is 1. The summed E-state index contributed by atoms with van der Waals surface area (Å²) in [5, 5.41) is 2.50. The molecule has 0 unspecified atom stereocenters. The Morgan fingerprint density at radius 1 is 1.14 bits per heavy atom. The summed E-state index contributed by atoms with van der Waals surface area (Å²) in [5.41, 5.74) is 5.18. The van der Waals surface area contributed by atoms with Crippen molar-refractivity contribution >= 4 is 51.7 Å². The molecule has 0 radical (unpaired) electrons. The van der Waals surface area contributed by atoms with Crippen LogP contribution in [0.4, 0.5) is 10.8 Å². The third-order valence-electron chi connectivity index (χ3n) is 4.96. The van der Waals surface area contributed by atoms with Crippen molar-refractivity contribution < 1.29 is 9.59 Å². The molecule has 29 heavy (non-hydrogen) atoms. The van der Waals surface area contributed by atoms with Crippen molar-refractivity contribution in [2.45, 2.75) is 25.7 Å². The Labute approximate surface area is 178 Å². The molecular formula is C23H20N2O2S2. The highest BCUT2D eigenvalue weighted by molar-refractivity contribution is 7.99. The van der Waals surface area contributed by atoms with Gasteiger partial charge in [0.05, 0.1) is 11.4 Å². The van der Waals surface area contributed by atoms with E-state index in [2.05, 4.69) is 4.98 Å². The fraction of sp³-hybridized carbons (Fsp3) is 0.174. The number of aromatic nitrogens is 1. The number of benzene rings is 2. The first-order chi connectivity index (χ1) is 14.0.